The van der Waals surface area contributed by atoms with Crippen molar-refractivity contribution in [3.05, 3.63) is 67.1 Å². The largest absolute Gasteiger partial charge is 0.457 e. The fourth-order valence-electron chi connectivity index (χ4n) is 6.08. The zero-order chi connectivity index (χ0) is 25.2. The molecular weight excluding hydrogens is 460 g/mol. The van der Waals surface area contributed by atoms with Crippen molar-refractivity contribution in [3.8, 4) is 22.6 Å². The first-order chi connectivity index (χ1) is 18.2. The van der Waals surface area contributed by atoms with Crippen LogP contribution in [0.3, 0.4) is 0 Å². The third-order valence-electron chi connectivity index (χ3n) is 8.21. The van der Waals surface area contributed by atoms with Gasteiger partial charge >= 0.3 is 0 Å². The third kappa shape index (κ3) is 4.93. The topological polar surface area (TPSA) is 72.4 Å². The Bertz CT molecular complexity index is 1320. The summed E-state index contributed by atoms with van der Waals surface area (Å²) in [6.45, 7) is 8.24. The first kappa shape index (κ1) is 23.9. The summed E-state index contributed by atoms with van der Waals surface area (Å²) in [6.07, 6.45) is 8.63. The molecule has 2 aliphatic rings. The van der Waals surface area contributed by atoms with Gasteiger partial charge in [0.1, 0.15) is 29.3 Å². The Labute approximate surface area is 218 Å². The van der Waals surface area contributed by atoms with E-state index in [0.717, 1.165) is 53.0 Å². The molecule has 2 fully saturated rings. The molecule has 2 N–H and O–H groups in total. The van der Waals surface area contributed by atoms with E-state index in [2.05, 4.69) is 44.6 Å². The number of benzene rings is 2. The van der Waals surface area contributed by atoms with Crippen LogP contribution in [0.2, 0.25) is 0 Å². The molecule has 7 nitrogen and oxygen atoms in total. The van der Waals surface area contributed by atoms with E-state index in [1.54, 1.807) is 6.33 Å². The average Bonchev–Trinajstić information content (AvgIpc) is 3.35. The lowest BCUT2D eigenvalue weighted by atomic mass is 9.89. The van der Waals surface area contributed by atoms with Crippen molar-refractivity contribution in [2.75, 3.05) is 38.5 Å². The van der Waals surface area contributed by atoms with Crippen molar-refractivity contribution < 1.29 is 4.74 Å². The molecule has 0 bridgehead atoms. The highest BCUT2D eigenvalue weighted by Crippen LogP contribution is 2.39. The van der Waals surface area contributed by atoms with Gasteiger partial charge in [-0.1, -0.05) is 37.3 Å². The number of hydrogen-bond donors (Lipinski definition) is 1. The summed E-state index contributed by atoms with van der Waals surface area (Å²) in [7, 11) is 0. The number of nitrogens with two attached hydrogens (primary N) is 1. The molecule has 7 heteroatoms. The minimum absolute atomic E-state index is 0.430. The summed E-state index contributed by atoms with van der Waals surface area (Å²) in [6, 6.07) is 19.2. The summed E-state index contributed by atoms with van der Waals surface area (Å²) in [4.78, 5) is 14.3. The minimum atomic E-state index is 0.430. The zero-order valence-electron chi connectivity index (χ0n) is 21.6. The molecule has 0 atom stereocenters. The molecule has 0 radical (unpaired) electrons. The summed E-state index contributed by atoms with van der Waals surface area (Å²) in [5.41, 5.74) is 9.52. The van der Waals surface area contributed by atoms with Crippen LogP contribution in [-0.4, -0.2) is 63.1 Å². The van der Waals surface area contributed by atoms with Crippen LogP contribution in [0.15, 0.2) is 67.1 Å². The maximum atomic E-state index is 6.41. The molecule has 6 rings (SSSR count). The molecule has 3 heterocycles. The van der Waals surface area contributed by atoms with Gasteiger partial charge in [0, 0.05) is 50.0 Å². The smallest absolute Gasteiger partial charge is 0.146 e. The van der Waals surface area contributed by atoms with Crippen LogP contribution in [0.5, 0.6) is 11.5 Å². The Morgan fingerprint density at radius 3 is 2.22 bits per heavy atom. The second-order valence-corrected chi connectivity index (χ2v) is 10.3. The quantitative estimate of drug-likeness (QED) is 0.375. The van der Waals surface area contributed by atoms with Gasteiger partial charge in [-0.15, -0.1) is 0 Å². The van der Waals surface area contributed by atoms with Crippen molar-refractivity contribution in [1.29, 1.82) is 0 Å². The van der Waals surface area contributed by atoms with Crippen LogP contribution < -0.4 is 10.5 Å². The van der Waals surface area contributed by atoms with Crippen molar-refractivity contribution in [3.63, 3.8) is 0 Å². The lowest BCUT2D eigenvalue weighted by Crippen LogP contribution is -2.50. The number of para-hydroxylation sites is 1. The zero-order valence-corrected chi connectivity index (χ0v) is 21.6. The Kier molecular flexibility index (Phi) is 6.81. The second-order valence-electron chi connectivity index (χ2n) is 10.3. The number of ether oxygens (including phenoxy) is 1. The van der Waals surface area contributed by atoms with Gasteiger partial charge in [0.15, 0.2) is 0 Å². The Morgan fingerprint density at radius 1 is 0.838 bits per heavy atom. The van der Waals surface area contributed by atoms with Gasteiger partial charge in [0.2, 0.25) is 0 Å². The lowest BCUT2D eigenvalue weighted by Gasteiger charge is -2.42. The van der Waals surface area contributed by atoms with Crippen molar-refractivity contribution in [1.82, 2.24) is 24.3 Å². The van der Waals surface area contributed by atoms with Crippen LogP contribution in [0.4, 0.5) is 5.82 Å². The van der Waals surface area contributed by atoms with E-state index in [9.17, 15) is 0 Å². The minimum Gasteiger partial charge on any atom is -0.457 e. The molecule has 1 aliphatic heterocycles. The maximum absolute atomic E-state index is 6.41. The molecule has 192 valence electrons. The molecule has 1 saturated heterocycles. The van der Waals surface area contributed by atoms with Crippen LogP contribution in [-0.2, 0) is 0 Å². The fraction of sp³-hybridized carbons (Fsp3) is 0.400. The molecule has 1 aliphatic carbocycles. The van der Waals surface area contributed by atoms with Crippen molar-refractivity contribution in [2.45, 2.75) is 44.7 Å². The second kappa shape index (κ2) is 10.5. The van der Waals surface area contributed by atoms with Crippen LogP contribution in [0.25, 0.3) is 22.2 Å². The van der Waals surface area contributed by atoms with Gasteiger partial charge in [-0.05, 0) is 62.1 Å². The van der Waals surface area contributed by atoms with Gasteiger partial charge < -0.3 is 19.9 Å². The molecule has 0 amide bonds. The predicted molar refractivity (Wildman–Crippen MR) is 149 cm³/mol. The maximum Gasteiger partial charge on any atom is 0.146 e. The highest BCUT2D eigenvalue weighted by Gasteiger charge is 2.30. The highest BCUT2D eigenvalue weighted by molar-refractivity contribution is 6.00. The van der Waals surface area contributed by atoms with E-state index >= 15 is 0 Å². The van der Waals surface area contributed by atoms with Crippen LogP contribution in [0.1, 0.15) is 38.6 Å². The normalized spacial score (nSPS) is 21.3. The summed E-state index contributed by atoms with van der Waals surface area (Å²) >= 11 is 0. The first-order valence-electron chi connectivity index (χ1n) is 13.6. The number of fused-ring (bicyclic) bond motifs is 1. The van der Waals surface area contributed by atoms with Gasteiger partial charge in [-0.25, -0.2) is 9.97 Å². The molecular formula is C30H36N6O. The van der Waals surface area contributed by atoms with E-state index in [4.69, 9.17) is 15.5 Å². The Morgan fingerprint density at radius 2 is 1.51 bits per heavy atom. The number of nitrogens with zero attached hydrogens (tertiary/aromatic N) is 5. The average molecular weight is 497 g/mol. The van der Waals surface area contributed by atoms with Gasteiger partial charge in [0.05, 0.1) is 5.39 Å². The highest BCUT2D eigenvalue weighted by atomic mass is 16.5. The van der Waals surface area contributed by atoms with E-state index in [-0.39, 0.29) is 0 Å². The number of nitrogen functional groups attached to an aromatic ring is 1. The first-order valence-corrected chi connectivity index (χ1v) is 13.6. The van der Waals surface area contributed by atoms with E-state index in [1.165, 1.54) is 39.0 Å². The summed E-state index contributed by atoms with van der Waals surface area (Å²) in [5, 5.41) is 0.942. The predicted octanol–water partition coefficient (Wildman–Crippen LogP) is 5.59. The summed E-state index contributed by atoms with van der Waals surface area (Å²) in [5.74, 6) is 2.17. The van der Waals surface area contributed by atoms with Crippen molar-refractivity contribution >= 4 is 16.9 Å². The molecule has 37 heavy (non-hydrogen) atoms. The van der Waals surface area contributed by atoms with Gasteiger partial charge in [-0.3, -0.25) is 4.90 Å². The van der Waals surface area contributed by atoms with Crippen molar-refractivity contribution in [2.24, 2.45) is 0 Å². The molecule has 0 spiro atoms. The Balaban J connectivity index is 1.21. The number of aromatic nitrogens is 3. The van der Waals surface area contributed by atoms with E-state index in [0.29, 0.717) is 17.9 Å². The van der Waals surface area contributed by atoms with E-state index < -0.39 is 0 Å². The number of likely N-dealkylation sites (N-methyl/N-ethyl adjacent to an activating group) is 1. The number of hydrogen-bond acceptors (Lipinski definition) is 6. The van der Waals surface area contributed by atoms with Crippen LogP contribution >= 0.6 is 0 Å². The standard InChI is InChI=1S/C30H36N6O/c1-2-34-16-18-35(19-17-34)23-10-12-24(13-11-23)36-20-27(28-29(31)32-21-33-30(28)36)22-8-14-26(15-9-22)37-25-6-4-3-5-7-25/h3-9,14-15,20-21,23-24H,2,10-13,16-19H2,1H3,(H2,31,32,33)/t23-,24-. The fourth-order valence-corrected chi connectivity index (χ4v) is 6.08. The lowest BCUT2D eigenvalue weighted by molar-refractivity contribution is 0.0742. The number of rotatable bonds is 6. The van der Waals surface area contributed by atoms with Gasteiger partial charge in [-0.2, -0.15) is 0 Å². The third-order valence-corrected chi connectivity index (χ3v) is 8.21. The Hall–Kier alpha value is -3.42. The number of anilines is 1. The molecule has 0 unspecified atom stereocenters. The SMILES string of the molecule is CCN1CCN([C@H]2CC[C@H](n3cc(-c4ccc(Oc5ccccc5)cc4)c4c(N)ncnc43)CC2)CC1. The van der Waals surface area contributed by atoms with Crippen LogP contribution in [0, 0.1) is 0 Å². The molecule has 2 aromatic carbocycles. The molecule has 2 aromatic heterocycles. The monoisotopic (exact) mass is 496 g/mol. The van der Waals surface area contributed by atoms with E-state index in [1.807, 2.05) is 42.5 Å². The summed E-state index contributed by atoms with van der Waals surface area (Å²) < 4.78 is 8.36. The van der Waals surface area contributed by atoms with Gasteiger partial charge in [0.25, 0.3) is 0 Å². The number of piperazine rings is 1. The molecule has 4 aromatic rings. The molecule has 1 saturated carbocycles.